The lowest BCUT2D eigenvalue weighted by Gasteiger charge is -1.98. The molecule has 1 N–H and O–H groups in total. The molecule has 0 unspecified atom stereocenters. The molecule has 1 aromatic carbocycles. The molecule has 0 radical (unpaired) electrons. The van der Waals surface area contributed by atoms with Crippen LogP contribution in [-0.4, -0.2) is 28.8 Å². The lowest BCUT2D eigenvalue weighted by Crippen LogP contribution is -2.26. The van der Waals surface area contributed by atoms with Gasteiger partial charge < -0.3 is 5.32 Å². The van der Waals surface area contributed by atoms with Crippen molar-refractivity contribution in [2.75, 3.05) is 13.1 Å². The zero-order chi connectivity index (χ0) is 10.3. The average molecular weight is 200 g/mol. The molecule has 2 aromatic rings. The van der Waals surface area contributed by atoms with E-state index < -0.39 is 0 Å². The first-order valence-corrected chi connectivity index (χ1v) is 5.08. The van der Waals surface area contributed by atoms with Gasteiger partial charge in [-0.05, 0) is 19.1 Å². The number of aromatic nitrogens is 2. The Hall–Kier alpha value is -1.84. The van der Waals surface area contributed by atoms with E-state index in [-0.39, 0.29) is 0 Å². The van der Waals surface area contributed by atoms with Gasteiger partial charge in [0.25, 0.3) is 0 Å². The summed E-state index contributed by atoms with van der Waals surface area (Å²) in [6.07, 6.45) is 2.01. The summed E-state index contributed by atoms with van der Waals surface area (Å²) in [5, 5.41) is 8.82. The maximum absolute atomic E-state index is 4.46. The molecule has 4 nitrogen and oxygen atoms in total. The van der Waals surface area contributed by atoms with E-state index in [1.165, 1.54) is 5.56 Å². The largest absolute Gasteiger partial charge is 0.353 e. The number of hydrogen-bond donors (Lipinski definition) is 1. The maximum Gasteiger partial charge on any atom is 0.219 e. The third-order valence-electron chi connectivity index (χ3n) is 2.53. The molecule has 3 rings (SSSR count). The molecule has 2 heterocycles. The second-order valence-corrected chi connectivity index (χ2v) is 3.77. The molecule has 1 aliphatic heterocycles. The van der Waals surface area contributed by atoms with E-state index in [2.05, 4.69) is 34.5 Å². The molecule has 4 heteroatoms. The van der Waals surface area contributed by atoms with Crippen molar-refractivity contribution >= 4 is 16.9 Å². The van der Waals surface area contributed by atoms with E-state index in [1.807, 2.05) is 16.9 Å². The average Bonchev–Trinajstić information content (AvgIpc) is 2.84. The molecular weight excluding hydrogens is 188 g/mol. The van der Waals surface area contributed by atoms with Crippen molar-refractivity contribution < 1.29 is 0 Å². The number of nitrogens with one attached hydrogen (secondary N) is 1. The van der Waals surface area contributed by atoms with Gasteiger partial charge in [0.1, 0.15) is 0 Å². The smallest absolute Gasteiger partial charge is 0.219 e. The van der Waals surface area contributed by atoms with Crippen LogP contribution >= 0.6 is 0 Å². The van der Waals surface area contributed by atoms with Gasteiger partial charge in [-0.1, -0.05) is 11.6 Å². The molecule has 0 atom stereocenters. The zero-order valence-corrected chi connectivity index (χ0v) is 8.57. The highest BCUT2D eigenvalue weighted by Crippen LogP contribution is 2.13. The van der Waals surface area contributed by atoms with Gasteiger partial charge >= 0.3 is 0 Å². The zero-order valence-electron chi connectivity index (χ0n) is 8.57. The molecule has 0 spiro atoms. The summed E-state index contributed by atoms with van der Waals surface area (Å²) in [6, 6.07) is 6.24. The van der Waals surface area contributed by atoms with Crippen molar-refractivity contribution in [1.29, 1.82) is 0 Å². The van der Waals surface area contributed by atoms with Crippen LogP contribution in [0.4, 0.5) is 0 Å². The number of fused-ring (bicyclic) bond motifs is 1. The molecule has 1 aliphatic rings. The quantitative estimate of drug-likeness (QED) is 0.693. The predicted molar refractivity (Wildman–Crippen MR) is 60.2 cm³/mol. The number of nitrogens with zero attached hydrogens (tertiary/aromatic N) is 3. The van der Waals surface area contributed by atoms with Gasteiger partial charge in [-0.2, -0.15) is 5.10 Å². The number of aliphatic imine (C=N–C) groups is 1. The Bertz CT molecular complexity index is 539. The summed E-state index contributed by atoms with van der Waals surface area (Å²) < 4.78 is 1.82. The molecule has 0 fully saturated rings. The number of aryl methyl sites for hydroxylation is 1. The minimum absolute atomic E-state index is 0.838. The molecule has 76 valence electrons. The Morgan fingerprint density at radius 1 is 1.40 bits per heavy atom. The van der Waals surface area contributed by atoms with Crippen LogP contribution in [0.1, 0.15) is 5.56 Å². The van der Waals surface area contributed by atoms with E-state index in [4.69, 9.17) is 0 Å². The standard InChI is InChI=1S/C11H12N4/c1-8-2-3-10-9(6-8)7-15(14-10)11-12-4-5-13-11/h2-3,6-7H,4-5H2,1H3,(H,12,13). The Morgan fingerprint density at radius 3 is 3.13 bits per heavy atom. The molecule has 0 saturated carbocycles. The van der Waals surface area contributed by atoms with Crippen LogP contribution in [0, 0.1) is 6.92 Å². The summed E-state index contributed by atoms with van der Waals surface area (Å²) in [5.74, 6) is 0.851. The van der Waals surface area contributed by atoms with E-state index in [9.17, 15) is 0 Å². The first-order chi connectivity index (χ1) is 7.33. The first kappa shape index (κ1) is 8.47. The van der Waals surface area contributed by atoms with Gasteiger partial charge in [0, 0.05) is 18.1 Å². The third-order valence-corrected chi connectivity index (χ3v) is 2.53. The fraction of sp³-hybridized carbons (Fsp3) is 0.273. The minimum atomic E-state index is 0.838. The fourth-order valence-corrected chi connectivity index (χ4v) is 1.79. The van der Waals surface area contributed by atoms with Crippen LogP contribution in [0.25, 0.3) is 10.9 Å². The van der Waals surface area contributed by atoms with Crippen molar-refractivity contribution in [2.45, 2.75) is 6.92 Å². The lowest BCUT2D eigenvalue weighted by molar-refractivity contribution is 0.885. The molecule has 0 amide bonds. The van der Waals surface area contributed by atoms with Crippen LogP contribution < -0.4 is 5.32 Å². The Kier molecular flexibility index (Phi) is 1.74. The second-order valence-electron chi connectivity index (χ2n) is 3.77. The summed E-state index contributed by atoms with van der Waals surface area (Å²) in [7, 11) is 0. The van der Waals surface area contributed by atoms with Gasteiger partial charge in [0.15, 0.2) is 0 Å². The van der Waals surface area contributed by atoms with Crippen molar-refractivity contribution in [2.24, 2.45) is 4.99 Å². The third kappa shape index (κ3) is 1.38. The van der Waals surface area contributed by atoms with E-state index in [1.54, 1.807) is 0 Å². The van der Waals surface area contributed by atoms with E-state index in [0.29, 0.717) is 0 Å². The maximum atomic E-state index is 4.46. The predicted octanol–water partition coefficient (Wildman–Crippen LogP) is 1.15. The van der Waals surface area contributed by atoms with E-state index >= 15 is 0 Å². The molecule has 0 saturated heterocycles. The first-order valence-electron chi connectivity index (χ1n) is 5.08. The van der Waals surface area contributed by atoms with Crippen LogP contribution in [0.5, 0.6) is 0 Å². The second kappa shape index (κ2) is 3.08. The number of hydrogen-bond acceptors (Lipinski definition) is 3. The highest BCUT2D eigenvalue weighted by molar-refractivity contribution is 5.88. The lowest BCUT2D eigenvalue weighted by atomic mass is 10.2. The Labute approximate surface area is 87.6 Å². The van der Waals surface area contributed by atoms with Gasteiger partial charge in [-0.3, -0.25) is 0 Å². The van der Waals surface area contributed by atoms with Gasteiger partial charge in [-0.25, -0.2) is 9.67 Å². The highest BCUT2D eigenvalue weighted by atomic mass is 15.4. The van der Waals surface area contributed by atoms with Gasteiger partial charge in [0.05, 0.1) is 12.1 Å². The highest BCUT2D eigenvalue weighted by Gasteiger charge is 2.09. The van der Waals surface area contributed by atoms with Crippen molar-refractivity contribution in [1.82, 2.24) is 15.1 Å². The molecule has 1 aromatic heterocycles. The molecular formula is C11H12N4. The van der Waals surface area contributed by atoms with Crippen LogP contribution in [-0.2, 0) is 0 Å². The van der Waals surface area contributed by atoms with Gasteiger partial charge in [0.2, 0.25) is 5.96 Å². The van der Waals surface area contributed by atoms with Crippen molar-refractivity contribution in [3.8, 4) is 0 Å². The minimum Gasteiger partial charge on any atom is -0.353 e. The molecule has 0 bridgehead atoms. The van der Waals surface area contributed by atoms with E-state index in [0.717, 1.165) is 30.0 Å². The number of rotatable bonds is 0. The van der Waals surface area contributed by atoms with Crippen LogP contribution in [0.15, 0.2) is 29.4 Å². The molecule has 15 heavy (non-hydrogen) atoms. The van der Waals surface area contributed by atoms with Crippen molar-refractivity contribution in [3.05, 3.63) is 30.0 Å². The summed E-state index contributed by atoms with van der Waals surface area (Å²) >= 11 is 0. The van der Waals surface area contributed by atoms with Crippen molar-refractivity contribution in [3.63, 3.8) is 0 Å². The number of benzene rings is 1. The SMILES string of the molecule is Cc1ccc2nn(C3=NCCN3)cc2c1. The van der Waals surface area contributed by atoms with Gasteiger partial charge in [-0.15, -0.1) is 0 Å². The monoisotopic (exact) mass is 200 g/mol. The summed E-state index contributed by atoms with van der Waals surface area (Å²) in [6.45, 7) is 3.83. The van der Waals surface area contributed by atoms with Crippen LogP contribution in [0.2, 0.25) is 0 Å². The summed E-state index contributed by atoms with van der Waals surface area (Å²) in [5.41, 5.74) is 2.26. The van der Waals surface area contributed by atoms with Crippen LogP contribution in [0.3, 0.4) is 0 Å². The summed E-state index contributed by atoms with van der Waals surface area (Å²) in [4.78, 5) is 4.33. The topological polar surface area (TPSA) is 42.2 Å². The fourth-order valence-electron chi connectivity index (χ4n) is 1.79. The normalized spacial score (nSPS) is 15.4. The molecule has 0 aliphatic carbocycles. The Morgan fingerprint density at radius 2 is 2.33 bits per heavy atom. The Balaban J connectivity index is 2.13.